The van der Waals surface area contributed by atoms with Crippen molar-refractivity contribution in [3.63, 3.8) is 0 Å². The van der Waals surface area contributed by atoms with Crippen LogP contribution in [0.15, 0.2) is 36.5 Å². The molecule has 0 spiro atoms. The molecule has 1 aromatic carbocycles. The van der Waals surface area contributed by atoms with E-state index in [9.17, 15) is 0 Å². The smallest absolute Gasteiger partial charge is 0.172 e. The van der Waals surface area contributed by atoms with Gasteiger partial charge in [-0.15, -0.1) is 45.3 Å². The lowest BCUT2D eigenvalue weighted by Crippen LogP contribution is -2.06. The lowest BCUT2D eigenvalue weighted by molar-refractivity contribution is 0.260. The van der Waals surface area contributed by atoms with Crippen molar-refractivity contribution in [3.05, 3.63) is 31.8 Å². The van der Waals surface area contributed by atoms with E-state index in [-0.39, 0.29) is 0 Å². The summed E-state index contributed by atoms with van der Waals surface area (Å²) < 4.78 is 26.3. The first kappa shape index (κ1) is 33.4. The summed E-state index contributed by atoms with van der Waals surface area (Å²) in [6.45, 7) is 5.77. The lowest BCUT2D eigenvalue weighted by Gasteiger charge is -2.19. The maximum absolute atomic E-state index is 6.82. The Hall–Kier alpha value is -1.50. The fourth-order valence-electron chi connectivity index (χ4n) is 5.66. The Morgan fingerprint density at radius 2 is 0.956 bits per heavy atom. The molecule has 6 rings (SSSR count). The highest BCUT2D eigenvalue weighted by Crippen LogP contribution is 2.54. The highest BCUT2D eigenvalue weighted by Gasteiger charge is 2.30. The van der Waals surface area contributed by atoms with Gasteiger partial charge in [-0.1, -0.05) is 78.1 Å². The number of nitrogens with zero attached hydrogens (tertiary/aromatic N) is 2. The van der Waals surface area contributed by atoms with Gasteiger partial charge in [-0.05, 0) is 79.3 Å². The second-order valence-corrected chi connectivity index (χ2v) is 18.5. The number of halogens is 2. The summed E-state index contributed by atoms with van der Waals surface area (Å²) in [4.78, 5) is 2.18. The van der Waals surface area contributed by atoms with Crippen LogP contribution in [0.2, 0.25) is 0 Å². The van der Waals surface area contributed by atoms with Gasteiger partial charge in [0.15, 0.2) is 11.5 Å². The van der Waals surface area contributed by atoms with E-state index in [0.29, 0.717) is 13.2 Å². The molecular weight excluding hydrogens is 772 g/mol. The van der Waals surface area contributed by atoms with Gasteiger partial charge in [0.1, 0.15) is 11.0 Å². The largest absolute Gasteiger partial charge is 0.489 e. The summed E-state index contributed by atoms with van der Waals surface area (Å²) in [5.41, 5.74) is 3.29. The minimum atomic E-state index is 0.625. The molecule has 45 heavy (non-hydrogen) atoms. The van der Waals surface area contributed by atoms with Crippen LogP contribution in [0.25, 0.3) is 50.7 Å². The van der Waals surface area contributed by atoms with Crippen LogP contribution in [0, 0.1) is 0 Å². The Bertz CT molecular complexity index is 1660. The zero-order chi connectivity index (χ0) is 31.2. The van der Waals surface area contributed by atoms with Gasteiger partial charge in [0.25, 0.3) is 0 Å². The second kappa shape index (κ2) is 16.1. The van der Waals surface area contributed by atoms with Crippen LogP contribution >= 0.6 is 77.2 Å². The van der Waals surface area contributed by atoms with Crippen LogP contribution < -0.4 is 9.47 Å². The van der Waals surface area contributed by atoms with E-state index in [1.54, 1.807) is 45.3 Å². The minimum Gasteiger partial charge on any atom is -0.489 e. The Labute approximate surface area is 297 Å². The molecule has 5 aromatic heterocycles. The van der Waals surface area contributed by atoms with Crippen LogP contribution in [0.4, 0.5) is 0 Å². The molecule has 5 heterocycles. The van der Waals surface area contributed by atoms with Gasteiger partial charge in [-0.2, -0.15) is 0 Å². The first-order chi connectivity index (χ1) is 22.1. The van der Waals surface area contributed by atoms with Crippen molar-refractivity contribution in [2.45, 2.75) is 90.9 Å². The van der Waals surface area contributed by atoms with Crippen molar-refractivity contribution < 1.29 is 14.1 Å². The number of ether oxygens (including phenoxy) is 2. The van der Waals surface area contributed by atoms with Gasteiger partial charge < -0.3 is 9.47 Å². The number of aromatic nitrogens is 2. The number of rotatable bonds is 18. The topological polar surface area (TPSA) is 57.4 Å². The van der Waals surface area contributed by atoms with Crippen LogP contribution in [0.1, 0.15) is 90.9 Å². The summed E-state index contributed by atoms with van der Waals surface area (Å²) >= 11 is 14.3. The third kappa shape index (κ3) is 7.81. The molecule has 240 valence electrons. The Morgan fingerprint density at radius 3 is 1.38 bits per heavy atom. The van der Waals surface area contributed by atoms with Crippen LogP contribution in [0.5, 0.6) is 11.5 Å². The highest BCUT2D eigenvalue weighted by molar-refractivity contribution is 9.11. The number of thiophene rings is 4. The average molecular weight is 811 g/mol. The monoisotopic (exact) mass is 808 g/mol. The molecule has 0 fully saturated rings. The molecule has 0 radical (unpaired) electrons. The van der Waals surface area contributed by atoms with Gasteiger partial charge in [0, 0.05) is 28.6 Å². The molecule has 0 saturated heterocycles. The van der Waals surface area contributed by atoms with Crippen LogP contribution in [0.3, 0.4) is 0 Å². The number of fused-ring (bicyclic) bond motifs is 3. The molecule has 0 N–H and O–H groups in total. The van der Waals surface area contributed by atoms with Crippen molar-refractivity contribution in [1.82, 2.24) is 10.3 Å². The van der Waals surface area contributed by atoms with Crippen LogP contribution in [-0.2, 0) is 0 Å². The summed E-state index contributed by atoms with van der Waals surface area (Å²) in [5, 5.41) is 9.01. The maximum atomic E-state index is 6.82. The predicted molar refractivity (Wildman–Crippen MR) is 202 cm³/mol. The molecule has 0 bridgehead atoms. The summed E-state index contributed by atoms with van der Waals surface area (Å²) in [7, 11) is 0. The molecule has 0 saturated carbocycles. The van der Waals surface area contributed by atoms with E-state index in [0.717, 1.165) is 76.7 Å². The maximum Gasteiger partial charge on any atom is 0.172 e. The third-order valence-electron chi connectivity index (χ3n) is 7.96. The molecule has 0 aliphatic heterocycles. The Kier molecular flexibility index (Phi) is 11.9. The second-order valence-electron chi connectivity index (χ2n) is 11.4. The van der Waals surface area contributed by atoms with E-state index >= 15 is 0 Å². The van der Waals surface area contributed by atoms with Crippen molar-refractivity contribution in [3.8, 4) is 32.4 Å². The molecule has 0 aliphatic carbocycles. The van der Waals surface area contributed by atoms with Crippen molar-refractivity contribution in [1.29, 1.82) is 0 Å². The standard InChI is InChI=1S/C34H38Br2N2O3S4/c1-3-5-7-9-11-13-15-39-33-29(25-17-21-23(42-25)19-27(35)44-21)31-32(38-41-37-31)30(26-18-22-24(43-26)20-28(36)45-22)34(33)40-16-14-12-10-8-6-4-2/h17-20H,3-16H2,1-2H3. The van der Waals surface area contributed by atoms with E-state index in [2.05, 4.69) is 80.3 Å². The predicted octanol–water partition coefficient (Wildman–Crippen LogP) is 14.1. The van der Waals surface area contributed by atoms with E-state index < -0.39 is 0 Å². The van der Waals surface area contributed by atoms with Gasteiger partial charge in [-0.3, -0.25) is 0 Å². The molecule has 0 aliphatic rings. The Morgan fingerprint density at radius 1 is 0.556 bits per heavy atom. The van der Waals surface area contributed by atoms with E-state index in [4.69, 9.17) is 14.1 Å². The highest BCUT2D eigenvalue weighted by atomic mass is 79.9. The fourth-order valence-corrected chi connectivity index (χ4v) is 11.8. The molecule has 11 heteroatoms. The molecule has 0 amide bonds. The van der Waals surface area contributed by atoms with Gasteiger partial charge >= 0.3 is 0 Å². The first-order valence-corrected chi connectivity index (χ1v) is 20.9. The molecule has 5 nitrogen and oxygen atoms in total. The van der Waals surface area contributed by atoms with Gasteiger partial charge in [0.05, 0.1) is 31.9 Å². The summed E-state index contributed by atoms with van der Waals surface area (Å²) in [6.07, 6.45) is 14.4. The van der Waals surface area contributed by atoms with E-state index in [1.165, 1.54) is 70.2 Å². The van der Waals surface area contributed by atoms with Crippen LogP contribution in [-0.4, -0.2) is 23.5 Å². The summed E-state index contributed by atoms with van der Waals surface area (Å²) in [5.74, 6) is 1.53. The third-order valence-corrected chi connectivity index (χ3v) is 13.6. The number of hydrogen-bond acceptors (Lipinski definition) is 9. The Balaban J connectivity index is 1.43. The average Bonchev–Trinajstić information content (AvgIpc) is 3.83. The number of hydrogen-bond donors (Lipinski definition) is 0. The molecule has 0 unspecified atom stereocenters. The van der Waals surface area contributed by atoms with Crippen molar-refractivity contribution in [2.24, 2.45) is 0 Å². The number of unbranched alkanes of at least 4 members (excludes halogenated alkanes) is 10. The normalized spacial score (nSPS) is 11.9. The summed E-state index contributed by atoms with van der Waals surface area (Å²) in [6, 6.07) is 8.85. The van der Waals surface area contributed by atoms with Gasteiger partial charge in [-0.25, -0.2) is 4.63 Å². The zero-order valence-electron chi connectivity index (χ0n) is 25.7. The molecule has 6 aromatic rings. The quantitative estimate of drug-likeness (QED) is 0.0809. The molecule has 0 atom stereocenters. The zero-order valence-corrected chi connectivity index (χ0v) is 32.2. The number of benzene rings is 1. The van der Waals surface area contributed by atoms with Crippen molar-refractivity contribution >= 4 is 107 Å². The first-order valence-electron chi connectivity index (χ1n) is 16.0. The minimum absolute atomic E-state index is 0.625. The van der Waals surface area contributed by atoms with E-state index in [1.807, 2.05) is 0 Å². The molecular formula is C34H38Br2N2O3S4. The SMILES string of the molecule is CCCCCCCCOc1c(OCCCCCCCC)c(-c2cc3sc(Br)cc3s2)c2nonc2c1-c1cc2sc(Br)cc2s1. The lowest BCUT2D eigenvalue weighted by atomic mass is 10.0. The van der Waals surface area contributed by atoms with Crippen molar-refractivity contribution in [2.75, 3.05) is 13.2 Å². The fraction of sp³-hybridized carbons (Fsp3) is 0.471. The van der Waals surface area contributed by atoms with Gasteiger partial charge in [0.2, 0.25) is 0 Å².